The zero-order valence-electron chi connectivity index (χ0n) is 13.2. The molecule has 1 atom stereocenters. The van der Waals surface area contributed by atoms with Gasteiger partial charge in [0.1, 0.15) is 6.54 Å². The van der Waals surface area contributed by atoms with E-state index in [9.17, 15) is 9.59 Å². The molecule has 2 amide bonds. The molecule has 1 fully saturated rings. The van der Waals surface area contributed by atoms with Gasteiger partial charge in [-0.1, -0.05) is 48.5 Å². The first-order valence-corrected chi connectivity index (χ1v) is 7.89. The molecule has 118 valence electrons. The number of likely N-dealkylation sites (N-methyl/N-ethyl adjacent to an activating group) is 1. The van der Waals surface area contributed by atoms with Crippen LogP contribution in [-0.4, -0.2) is 41.2 Å². The Kier molecular flexibility index (Phi) is 4.42. The summed E-state index contributed by atoms with van der Waals surface area (Å²) in [6, 6.07) is 19.0. The van der Waals surface area contributed by atoms with Crippen LogP contribution in [0.25, 0.3) is 0 Å². The minimum Gasteiger partial charge on any atom is -0.333 e. The molecule has 1 heterocycles. The van der Waals surface area contributed by atoms with Gasteiger partial charge >= 0.3 is 0 Å². The average molecular weight is 308 g/mol. The summed E-state index contributed by atoms with van der Waals surface area (Å²) in [5.41, 5.74) is 1.69. The molecular weight excluding hydrogens is 288 g/mol. The number of carbonyl (C=O) groups is 2. The Bertz CT molecular complexity index is 685. The van der Waals surface area contributed by atoms with Crippen molar-refractivity contribution in [2.45, 2.75) is 13.0 Å². The van der Waals surface area contributed by atoms with E-state index in [1.165, 1.54) is 0 Å². The normalized spacial score (nSPS) is 18.1. The van der Waals surface area contributed by atoms with Crippen LogP contribution in [-0.2, 0) is 4.79 Å². The molecule has 0 bridgehead atoms. The fraction of sp³-hybridized carbons (Fsp3) is 0.263. The van der Waals surface area contributed by atoms with E-state index < -0.39 is 0 Å². The second kappa shape index (κ2) is 6.65. The summed E-state index contributed by atoms with van der Waals surface area (Å²) < 4.78 is 0. The van der Waals surface area contributed by atoms with Crippen LogP contribution >= 0.6 is 0 Å². The summed E-state index contributed by atoms with van der Waals surface area (Å²) in [5.74, 6) is -0.0903. The minimum absolute atomic E-state index is 0.00289. The minimum atomic E-state index is -0.0879. The molecule has 4 nitrogen and oxygen atoms in total. The van der Waals surface area contributed by atoms with Crippen molar-refractivity contribution in [3.63, 3.8) is 0 Å². The number of carbonyl (C=O) groups excluding carboxylic acids is 2. The second-order valence-corrected chi connectivity index (χ2v) is 5.66. The van der Waals surface area contributed by atoms with Crippen LogP contribution < -0.4 is 0 Å². The number of hydrogen-bond acceptors (Lipinski definition) is 2. The average Bonchev–Trinajstić information content (AvgIpc) is 2.62. The molecule has 2 aromatic carbocycles. The van der Waals surface area contributed by atoms with E-state index in [-0.39, 0.29) is 24.4 Å². The summed E-state index contributed by atoms with van der Waals surface area (Å²) in [4.78, 5) is 28.7. The maximum Gasteiger partial charge on any atom is 0.254 e. The SMILES string of the molecule is CCN1C(=O)CN(C(=O)c2ccccc2)CC1c1ccccc1. The molecule has 4 heteroatoms. The van der Waals surface area contributed by atoms with Crippen molar-refractivity contribution in [1.29, 1.82) is 0 Å². The van der Waals surface area contributed by atoms with Gasteiger partial charge in [-0.3, -0.25) is 9.59 Å². The number of nitrogens with zero attached hydrogens (tertiary/aromatic N) is 2. The van der Waals surface area contributed by atoms with Crippen LogP contribution in [0.4, 0.5) is 0 Å². The highest BCUT2D eigenvalue weighted by molar-refractivity contribution is 5.97. The molecule has 2 aromatic rings. The smallest absolute Gasteiger partial charge is 0.254 e. The number of rotatable bonds is 3. The van der Waals surface area contributed by atoms with Gasteiger partial charge in [0, 0.05) is 18.7 Å². The Morgan fingerprint density at radius 2 is 1.65 bits per heavy atom. The van der Waals surface area contributed by atoms with Crippen LogP contribution in [0.3, 0.4) is 0 Å². The molecule has 0 radical (unpaired) electrons. The van der Waals surface area contributed by atoms with Gasteiger partial charge < -0.3 is 9.80 Å². The number of hydrogen-bond donors (Lipinski definition) is 0. The third-order valence-corrected chi connectivity index (χ3v) is 4.25. The van der Waals surface area contributed by atoms with E-state index in [4.69, 9.17) is 0 Å². The largest absolute Gasteiger partial charge is 0.333 e. The van der Waals surface area contributed by atoms with Gasteiger partial charge in [-0.2, -0.15) is 0 Å². The quantitative estimate of drug-likeness (QED) is 0.875. The van der Waals surface area contributed by atoms with Crippen molar-refractivity contribution in [3.8, 4) is 0 Å². The molecule has 0 aromatic heterocycles. The van der Waals surface area contributed by atoms with E-state index in [0.717, 1.165) is 5.56 Å². The lowest BCUT2D eigenvalue weighted by atomic mass is 10.0. The third-order valence-electron chi connectivity index (χ3n) is 4.25. The van der Waals surface area contributed by atoms with Crippen molar-refractivity contribution < 1.29 is 9.59 Å². The van der Waals surface area contributed by atoms with E-state index in [1.54, 1.807) is 17.0 Å². The molecule has 0 aliphatic carbocycles. The Labute approximate surface area is 136 Å². The van der Waals surface area contributed by atoms with E-state index in [0.29, 0.717) is 18.7 Å². The number of benzene rings is 2. The van der Waals surface area contributed by atoms with Crippen LogP contribution in [0.1, 0.15) is 28.9 Å². The molecule has 1 aliphatic heterocycles. The summed E-state index contributed by atoms with van der Waals surface area (Å²) in [6.45, 7) is 3.29. The molecule has 1 unspecified atom stereocenters. The predicted octanol–water partition coefficient (Wildman–Crippen LogP) is 2.73. The van der Waals surface area contributed by atoms with Crippen molar-refractivity contribution in [2.75, 3.05) is 19.6 Å². The van der Waals surface area contributed by atoms with E-state index in [2.05, 4.69) is 0 Å². The molecule has 0 saturated carbocycles. The molecular formula is C19H20N2O2. The first kappa shape index (κ1) is 15.3. The fourth-order valence-corrected chi connectivity index (χ4v) is 3.08. The van der Waals surface area contributed by atoms with Gasteiger partial charge in [0.2, 0.25) is 5.91 Å². The molecule has 1 saturated heterocycles. The highest BCUT2D eigenvalue weighted by atomic mass is 16.2. The first-order valence-electron chi connectivity index (χ1n) is 7.89. The lowest BCUT2D eigenvalue weighted by Crippen LogP contribution is -2.53. The monoisotopic (exact) mass is 308 g/mol. The molecule has 0 N–H and O–H groups in total. The van der Waals surface area contributed by atoms with Crippen molar-refractivity contribution in [2.24, 2.45) is 0 Å². The molecule has 0 spiro atoms. The van der Waals surface area contributed by atoms with Gasteiger partial charge in [-0.25, -0.2) is 0 Å². The zero-order valence-corrected chi connectivity index (χ0v) is 13.2. The maximum absolute atomic E-state index is 12.7. The number of amides is 2. The van der Waals surface area contributed by atoms with Crippen LogP contribution in [0.15, 0.2) is 60.7 Å². The molecule has 3 rings (SSSR count). The zero-order chi connectivity index (χ0) is 16.2. The van der Waals surface area contributed by atoms with Gasteiger partial charge in [-0.15, -0.1) is 0 Å². The lowest BCUT2D eigenvalue weighted by Gasteiger charge is -2.41. The van der Waals surface area contributed by atoms with Gasteiger partial charge in [0.15, 0.2) is 0 Å². The summed E-state index contributed by atoms with van der Waals surface area (Å²) in [7, 11) is 0. The van der Waals surface area contributed by atoms with Crippen molar-refractivity contribution >= 4 is 11.8 Å². The van der Waals surface area contributed by atoms with Gasteiger partial charge in [-0.05, 0) is 24.6 Å². The Hall–Kier alpha value is -2.62. The number of piperazine rings is 1. The predicted molar refractivity (Wildman–Crippen MR) is 88.9 cm³/mol. The van der Waals surface area contributed by atoms with Crippen LogP contribution in [0.2, 0.25) is 0 Å². The summed E-state index contributed by atoms with van der Waals surface area (Å²) >= 11 is 0. The topological polar surface area (TPSA) is 40.6 Å². The van der Waals surface area contributed by atoms with Gasteiger partial charge in [0.05, 0.1) is 6.04 Å². The second-order valence-electron chi connectivity index (χ2n) is 5.66. The van der Waals surface area contributed by atoms with Crippen molar-refractivity contribution in [1.82, 2.24) is 9.80 Å². The van der Waals surface area contributed by atoms with E-state index in [1.807, 2.05) is 60.4 Å². The third kappa shape index (κ3) is 3.11. The Morgan fingerprint density at radius 1 is 1.04 bits per heavy atom. The lowest BCUT2D eigenvalue weighted by molar-refractivity contribution is -0.138. The maximum atomic E-state index is 12.7. The van der Waals surface area contributed by atoms with Crippen molar-refractivity contribution in [3.05, 3.63) is 71.8 Å². The van der Waals surface area contributed by atoms with Crippen LogP contribution in [0.5, 0.6) is 0 Å². The van der Waals surface area contributed by atoms with Crippen LogP contribution in [0, 0.1) is 0 Å². The van der Waals surface area contributed by atoms with Gasteiger partial charge in [0.25, 0.3) is 5.91 Å². The molecule has 1 aliphatic rings. The summed E-state index contributed by atoms with van der Waals surface area (Å²) in [6.07, 6.45) is 0. The highest BCUT2D eigenvalue weighted by Gasteiger charge is 2.34. The molecule has 23 heavy (non-hydrogen) atoms. The Morgan fingerprint density at radius 3 is 2.26 bits per heavy atom. The first-order chi connectivity index (χ1) is 11.2. The van der Waals surface area contributed by atoms with E-state index >= 15 is 0 Å². The standard InChI is InChI=1S/C19H20N2O2/c1-2-21-17(15-9-5-3-6-10-15)13-20(14-18(21)22)19(23)16-11-7-4-8-12-16/h3-12,17H,2,13-14H2,1H3. The summed E-state index contributed by atoms with van der Waals surface area (Å²) in [5, 5.41) is 0. The highest BCUT2D eigenvalue weighted by Crippen LogP contribution is 2.26. The fourth-order valence-electron chi connectivity index (χ4n) is 3.08. The Balaban J connectivity index is 1.87.